The first-order valence-corrected chi connectivity index (χ1v) is 9.11. The van der Waals surface area contributed by atoms with Gasteiger partial charge in [-0.05, 0) is 49.2 Å². The van der Waals surface area contributed by atoms with Crippen LogP contribution >= 0.6 is 0 Å². The van der Waals surface area contributed by atoms with Crippen molar-refractivity contribution in [2.24, 2.45) is 0 Å². The van der Waals surface area contributed by atoms with E-state index >= 15 is 0 Å². The molecular formula is C20H19FN6O. The Labute approximate surface area is 161 Å². The van der Waals surface area contributed by atoms with E-state index in [9.17, 15) is 9.18 Å². The molecular weight excluding hydrogens is 359 g/mol. The van der Waals surface area contributed by atoms with Gasteiger partial charge >= 0.3 is 0 Å². The second kappa shape index (κ2) is 8.08. The number of amides is 1. The van der Waals surface area contributed by atoms with Gasteiger partial charge in [-0.1, -0.05) is 0 Å². The summed E-state index contributed by atoms with van der Waals surface area (Å²) in [5, 5.41) is 2.99. The van der Waals surface area contributed by atoms with Gasteiger partial charge in [0.2, 0.25) is 11.9 Å². The summed E-state index contributed by atoms with van der Waals surface area (Å²) in [4.78, 5) is 31.6. The van der Waals surface area contributed by atoms with Gasteiger partial charge < -0.3 is 4.90 Å². The number of hydrogen-bond donors (Lipinski definition) is 1. The summed E-state index contributed by atoms with van der Waals surface area (Å²) < 4.78 is 13.1. The molecule has 1 N–H and O–H groups in total. The molecule has 3 aromatic rings. The van der Waals surface area contributed by atoms with Gasteiger partial charge in [-0.15, -0.1) is 0 Å². The van der Waals surface area contributed by atoms with Gasteiger partial charge in [-0.3, -0.25) is 10.1 Å². The molecule has 1 fully saturated rings. The molecule has 1 amide bonds. The summed E-state index contributed by atoms with van der Waals surface area (Å²) >= 11 is 0. The summed E-state index contributed by atoms with van der Waals surface area (Å²) in [6.07, 6.45) is 6.78. The van der Waals surface area contributed by atoms with Gasteiger partial charge in [-0.2, -0.15) is 0 Å². The van der Waals surface area contributed by atoms with Gasteiger partial charge in [0.25, 0.3) is 5.91 Å². The largest absolute Gasteiger partial charge is 0.338 e. The molecule has 8 heteroatoms. The number of hydrogen-bond acceptors (Lipinski definition) is 6. The number of rotatable bonds is 4. The number of nitrogens with one attached hydrogen (secondary N) is 1. The third-order valence-corrected chi connectivity index (χ3v) is 4.68. The predicted octanol–water partition coefficient (Wildman–Crippen LogP) is 3.17. The average molecular weight is 378 g/mol. The van der Waals surface area contributed by atoms with Crippen molar-refractivity contribution >= 4 is 17.8 Å². The van der Waals surface area contributed by atoms with Crippen LogP contribution < -0.4 is 5.32 Å². The van der Waals surface area contributed by atoms with Crippen molar-refractivity contribution in [2.75, 3.05) is 18.4 Å². The molecule has 1 aliphatic heterocycles. The second-order valence-corrected chi connectivity index (χ2v) is 6.60. The molecule has 28 heavy (non-hydrogen) atoms. The van der Waals surface area contributed by atoms with Crippen molar-refractivity contribution in [3.8, 4) is 0 Å². The van der Waals surface area contributed by atoms with Crippen LogP contribution in [0.2, 0.25) is 0 Å². The van der Waals surface area contributed by atoms with Crippen LogP contribution in [0.5, 0.6) is 0 Å². The van der Waals surface area contributed by atoms with Crippen LogP contribution in [-0.2, 0) is 0 Å². The van der Waals surface area contributed by atoms with Gasteiger partial charge in [0.1, 0.15) is 5.82 Å². The highest BCUT2D eigenvalue weighted by Gasteiger charge is 2.26. The van der Waals surface area contributed by atoms with Crippen LogP contribution in [0.25, 0.3) is 0 Å². The van der Waals surface area contributed by atoms with E-state index in [2.05, 4.69) is 25.3 Å². The van der Waals surface area contributed by atoms with Gasteiger partial charge in [0, 0.05) is 43.2 Å². The van der Waals surface area contributed by atoms with E-state index in [4.69, 9.17) is 0 Å². The first-order chi connectivity index (χ1) is 13.7. The summed E-state index contributed by atoms with van der Waals surface area (Å²) in [5.74, 6) is 0.520. The molecule has 1 atom stereocenters. The minimum Gasteiger partial charge on any atom is -0.338 e. The van der Waals surface area contributed by atoms with E-state index in [1.807, 2.05) is 6.07 Å². The normalized spacial score (nSPS) is 16.6. The maximum atomic E-state index is 13.1. The number of carbonyl (C=O) groups excluding carboxylic acids is 1. The van der Waals surface area contributed by atoms with E-state index < -0.39 is 0 Å². The molecule has 0 saturated carbocycles. The van der Waals surface area contributed by atoms with Crippen LogP contribution in [-0.4, -0.2) is 43.8 Å². The quantitative estimate of drug-likeness (QED) is 0.751. The molecule has 4 rings (SSSR count). The summed E-state index contributed by atoms with van der Waals surface area (Å²) in [5.41, 5.74) is 1.36. The lowest BCUT2D eigenvalue weighted by molar-refractivity contribution is 0.0706. The molecule has 2 aromatic heterocycles. The van der Waals surface area contributed by atoms with Crippen LogP contribution in [0.15, 0.2) is 55.0 Å². The predicted molar refractivity (Wildman–Crippen MR) is 102 cm³/mol. The van der Waals surface area contributed by atoms with Crippen molar-refractivity contribution in [1.82, 2.24) is 24.8 Å². The van der Waals surface area contributed by atoms with Gasteiger partial charge in [-0.25, -0.2) is 24.3 Å². The zero-order valence-electron chi connectivity index (χ0n) is 15.1. The van der Waals surface area contributed by atoms with Crippen molar-refractivity contribution in [3.63, 3.8) is 0 Å². The standard InChI is InChI=1S/C20H19FN6O/c21-16-6-4-14(5-7-16)18(28)27-12-1-3-15(13-27)17-8-11-24-20(25-17)26-19-22-9-2-10-23-19/h2,4-11,15H,1,3,12-13H2,(H,22,23,24,25,26). The molecule has 1 aromatic carbocycles. The first-order valence-electron chi connectivity index (χ1n) is 9.11. The zero-order chi connectivity index (χ0) is 19.3. The maximum absolute atomic E-state index is 13.1. The van der Waals surface area contributed by atoms with E-state index in [1.165, 1.54) is 24.3 Å². The highest BCUT2D eigenvalue weighted by Crippen LogP contribution is 2.27. The average Bonchev–Trinajstić information content (AvgIpc) is 2.75. The summed E-state index contributed by atoms with van der Waals surface area (Å²) in [7, 11) is 0. The Morgan fingerprint density at radius 3 is 2.57 bits per heavy atom. The van der Waals surface area contributed by atoms with Crippen molar-refractivity contribution in [2.45, 2.75) is 18.8 Å². The fourth-order valence-electron chi connectivity index (χ4n) is 3.30. The molecule has 1 aliphatic rings. The fraction of sp³-hybridized carbons (Fsp3) is 0.250. The van der Waals surface area contributed by atoms with Crippen LogP contribution in [0.1, 0.15) is 34.8 Å². The van der Waals surface area contributed by atoms with E-state index in [0.717, 1.165) is 18.5 Å². The number of piperidine rings is 1. The van der Waals surface area contributed by atoms with E-state index in [1.54, 1.807) is 29.6 Å². The third kappa shape index (κ3) is 4.11. The lowest BCUT2D eigenvalue weighted by Gasteiger charge is -2.32. The fourth-order valence-corrected chi connectivity index (χ4v) is 3.30. The Balaban J connectivity index is 1.48. The van der Waals surface area contributed by atoms with E-state index in [0.29, 0.717) is 30.5 Å². The van der Waals surface area contributed by atoms with Crippen molar-refractivity contribution in [1.29, 1.82) is 0 Å². The lowest BCUT2D eigenvalue weighted by Crippen LogP contribution is -2.39. The zero-order valence-corrected chi connectivity index (χ0v) is 15.1. The number of likely N-dealkylation sites (tertiary alicyclic amines) is 1. The number of carbonyl (C=O) groups is 1. The van der Waals surface area contributed by atoms with Crippen LogP contribution in [0.4, 0.5) is 16.3 Å². The molecule has 1 unspecified atom stereocenters. The second-order valence-electron chi connectivity index (χ2n) is 6.60. The molecule has 3 heterocycles. The van der Waals surface area contributed by atoms with Crippen molar-refractivity contribution in [3.05, 3.63) is 72.1 Å². The molecule has 7 nitrogen and oxygen atoms in total. The smallest absolute Gasteiger partial charge is 0.253 e. The molecule has 0 aliphatic carbocycles. The molecule has 0 bridgehead atoms. The van der Waals surface area contributed by atoms with Crippen LogP contribution in [0.3, 0.4) is 0 Å². The minimum atomic E-state index is -0.350. The van der Waals surface area contributed by atoms with Gasteiger partial charge in [0.05, 0.1) is 5.69 Å². The molecule has 142 valence electrons. The Morgan fingerprint density at radius 2 is 1.79 bits per heavy atom. The molecule has 0 spiro atoms. The Hall–Kier alpha value is -3.42. The molecule has 0 radical (unpaired) electrons. The van der Waals surface area contributed by atoms with Crippen molar-refractivity contribution < 1.29 is 9.18 Å². The maximum Gasteiger partial charge on any atom is 0.253 e. The third-order valence-electron chi connectivity index (χ3n) is 4.68. The summed E-state index contributed by atoms with van der Waals surface area (Å²) in [6, 6.07) is 9.26. The Kier molecular flexibility index (Phi) is 5.18. The minimum absolute atomic E-state index is 0.0882. The summed E-state index contributed by atoms with van der Waals surface area (Å²) in [6.45, 7) is 1.25. The number of nitrogens with zero attached hydrogens (tertiary/aromatic N) is 5. The Bertz CT molecular complexity index is 950. The Morgan fingerprint density at radius 1 is 1.04 bits per heavy atom. The highest BCUT2D eigenvalue weighted by molar-refractivity contribution is 5.94. The lowest BCUT2D eigenvalue weighted by atomic mass is 9.94. The van der Waals surface area contributed by atoms with Gasteiger partial charge in [0.15, 0.2) is 0 Å². The highest BCUT2D eigenvalue weighted by atomic mass is 19.1. The first kappa shape index (κ1) is 18.0. The molecule has 1 saturated heterocycles. The topological polar surface area (TPSA) is 83.9 Å². The van der Waals surface area contributed by atoms with E-state index in [-0.39, 0.29) is 17.6 Å². The number of halogens is 1. The van der Waals surface area contributed by atoms with Crippen LogP contribution in [0, 0.1) is 5.82 Å². The SMILES string of the molecule is O=C(c1ccc(F)cc1)N1CCCC(c2ccnc(Nc3ncccn3)n2)C1. The monoisotopic (exact) mass is 378 g/mol. The number of benzene rings is 1. The number of anilines is 2. The number of aromatic nitrogens is 4.